The molecule has 0 heteroatoms. The predicted molar refractivity (Wildman–Crippen MR) is 159 cm³/mol. The monoisotopic (exact) mass is 486 g/mol. The van der Waals surface area contributed by atoms with E-state index in [1.165, 1.54) is 76.5 Å². The van der Waals surface area contributed by atoms with Gasteiger partial charge in [0.25, 0.3) is 0 Å². The van der Waals surface area contributed by atoms with Crippen molar-refractivity contribution < 1.29 is 0 Å². The first kappa shape index (κ1) is 21.9. The summed E-state index contributed by atoms with van der Waals surface area (Å²) in [5.41, 5.74) is 13.7. The lowest BCUT2D eigenvalue weighted by Gasteiger charge is -2.32. The highest BCUT2D eigenvalue weighted by atomic mass is 14.4. The van der Waals surface area contributed by atoms with Gasteiger partial charge < -0.3 is 0 Å². The summed E-state index contributed by atoms with van der Waals surface area (Å²) in [6.45, 7) is 9.47. The summed E-state index contributed by atoms with van der Waals surface area (Å²) < 4.78 is 0. The van der Waals surface area contributed by atoms with Gasteiger partial charge >= 0.3 is 0 Å². The molecule has 0 nitrogen and oxygen atoms in total. The fourth-order valence-corrected chi connectivity index (χ4v) is 7.41. The summed E-state index contributed by atoms with van der Waals surface area (Å²) in [6, 6.07) is 36.6. The number of hydrogen-bond donors (Lipinski definition) is 0. The lowest BCUT2D eigenvalue weighted by molar-refractivity contribution is 0.629. The van der Waals surface area contributed by atoms with Gasteiger partial charge in [-0.1, -0.05) is 107 Å². The number of rotatable bonds is 1. The highest BCUT2D eigenvalue weighted by Gasteiger charge is 2.35. The van der Waals surface area contributed by atoms with Gasteiger partial charge in [-0.05, 0) is 107 Å². The van der Waals surface area contributed by atoms with E-state index >= 15 is 0 Å². The maximum atomic E-state index is 2.48. The highest BCUT2D eigenvalue weighted by molar-refractivity contribution is 5.84. The molecule has 0 spiro atoms. The molecule has 38 heavy (non-hydrogen) atoms. The Labute approximate surface area is 223 Å². The van der Waals surface area contributed by atoms with E-state index in [0.29, 0.717) is 0 Å². The van der Waals surface area contributed by atoms with Gasteiger partial charge in [0, 0.05) is 10.8 Å². The van der Waals surface area contributed by atoms with Gasteiger partial charge in [0.2, 0.25) is 0 Å². The first-order chi connectivity index (χ1) is 18.3. The fourth-order valence-electron chi connectivity index (χ4n) is 7.41. The minimum atomic E-state index is -0.0449. The van der Waals surface area contributed by atoms with Gasteiger partial charge in [-0.25, -0.2) is 0 Å². The summed E-state index contributed by atoms with van der Waals surface area (Å²) in [5.74, 6) is 0. The average Bonchev–Trinajstić information content (AvgIpc) is 3.40. The number of fused-ring (bicyclic) bond motifs is 7. The topological polar surface area (TPSA) is 0 Å². The molecule has 182 valence electrons. The van der Waals surface area contributed by atoms with E-state index < -0.39 is 0 Å². The Morgan fingerprint density at radius 3 is 2.00 bits per heavy atom. The van der Waals surface area contributed by atoms with Gasteiger partial charge in [0.05, 0.1) is 0 Å². The zero-order valence-corrected chi connectivity index (χ0v) is 22.4. The smallest absolute Gasteiger partial charge is 0.0159 e. The molecule has 0 aliphatic heterocycles. The van der Waals surface area contributed by atoms with Crippen LogP contribution < -0.4 is 10.4 Å². The predicted octanol–water partition coefficient (Wildman–Crippen LogP) is 7.56. The second-order valence-electron chi connectivity index (χ2n) is 12.2. The second kappa shape index (κ2) is 7.23. The van der Waals surface area contributed by atoms with Crippen LogP contribution in [0.4, 0.5) is 0 Å². The minimum Gasteiger partial charge on any atom is -0.0619 e. The first-order valence-corrected chi connectivity index (χ1v) is 13.7. The standard InChI is InChI=1S/C38H30/c1-37(2)32-14-7-5-10-24(32)18-27-20-26-19-25-11-9-13-28(36(25)31(26)22-34(27)37)23-16-17-30-29-12-6-8-15-33(29)38(3,4)35(30)21-23/h5-22H,1-4H3. The maximum absolute atomic E-state index is 2.48. The average molecular weight is 487 g/mol. The van der Waals surface area contributed by atoms with Crippen molar-refractivity contribution in [2.45, 2.75) is 38.5 Å². The molecule has 0 unspecified atom stereocenters. The Balaban J connectivity index is 1.40. The number of benzene rings is 5. The quantitative estimate of drug-likeness (QED) is 0.225. The molecular formula is C38H30. The molecule has 0 amide bonds. The summed E-state index contributed by atoms with van der Waals surface area (Å²) in [4.78, 5) is 0. The molecular weight excluding hydrogens is 456 g/mol. The Kier molecular flexibility index (Phi) is 4.17. The Morgan fingerprint density at radius 2 is 1.13 bits per heavy atom. The lowest BCUT2D eigenvalue weighted by Crippen LogP contribution is -2.31. The van der Waals surface area contributed by atoms with E-state index in [4.69, 9.17) is 0 Å². The van der Waals surface area contributed by atoms with Crippen molar-refractivity contribution in [2.24, 2.45) is 0 Å². The molecule has 0 saturated heterocycles. The van der Waals surface area contributed by atoms with Crippen LogP contribution in [0.3, 0.4) is 0 Å². The summed E-state index contributed by atoms with van der Waals surface area (Å²) >= 11 is 0. The van der Waals surface area contributed by atoms with E-state index in [1.807, 2.05) is 0 Å². The van der Waals surface area contributed by atoms with Gasteiger partial charge in [0.15, 0.2) is 0 Å². The molecule has 0 atom stereocenters. The molecule has 8 rings (SSSR count). The molecule has 0 radical (unpaired) electrons. The van der Waals surface area contributed by atoms with Crippen LogP contribution in [0, 0.1) is 10.4 Å². The van der Waals surface area contributed by atoms with Crippen molar-refractivity contribution >= 4 is 12.2 Å². The van der Waals surface area contributed by atoms with E-state index in [2.05, 4.69) is 137 Å². The van der Waals surface area contributed by atoms with Crippen molar-refractivity contribution in [1.29, 1.82) is 0 Å². The van der Waals surface area contributed by atoms with Gasteiger partial charge in [-0.3, -0.25) is 0 Å². The molecule has 0 heterocycles. The van der Waals surface area contributed by atoms with E-state index in [0.717, 1.165) is 0 Å². The Bertz CT molecular complexity index is 2070. The Hall–Kier alpha value is -4.16. The molecule has 0 bridgehead atoms. The molecule has 0 saturated carbocycles. The van der Waals surface area contributed by atoms with Gasteiger partial charge in [0.1, 0.15) is 0 Å². The summed E-state index contributed by atoms with van der Waals surface area (Å²) in [6.07, 6.45) is 4.75. The largest absolute Gasteiger partial charge is 0.0619 e. The van der Waals surface area contributed by atoms with E-state index in [-0.39, 0.29) is 10.8 Å². The van der Waals surface area contributed by atoms with Crippen LogP contribution in [-0.4, -0.2) is 0 Å². The molecule has 5 aromatic carbocycles. The Morgan fingerprint density at radius 1 is 0.447 bits per heavy atom. The van der Waals surface area contributed by atoms with Crippen LogP contribution in [0.1, 0.15) is 61.1 Å². The molecule has 0 fully saturated rings. The molecule has 3 aliphatic rings. The van der Waals surface area contributed by atoms with E-state index in [9.17, 15) is 0 Å². The van der Waals surface area contributed by atoms with Crippen molar-refractivity contribution in [3.05, 3.63) is 151 Å². The zero-order chi connectivity index (χ0) is 25.8. The maximum Gasteiger partial charge on any atom is 0.0159 e. The van der Waals surface area contributed by atoms with Crippen LogP contribution in [-0.2, 0) is 10.8 Å². The third kappa shape index (κ3) is 2.76. The van der Waals surface area contributed by atoms with Crippen LogP contribution >= 0.6 is 0 Å². The molecule has 0 aromatic heterocycles. The van der Waals surface area contributed by atoms with Crippen molar-refractivity contribution in [2.75, 3.05) is 0 Å². The van der Waals surface area contributed by atoms with Crippen LogP contribution in [0.2, 0.25) is 0 Å². The third-order valence-electron chi connectivity index (χ3n) is 9.41. The molecule has 0 N–H and O–H groups in total. The molecule has 3 aliphatic carbocycles. The van der Waals surface area contributed by atoms with Crippen LogP contribution in [0.5, 0.6) is 0 Å². The van der Waals surface area contributed by atoms with Crippen LogP contribution in [0.15, 0.2) is 97.1 Å². The minimum absolute atomic E-state index is 0.00373. The fraction of sp³-hybridized carbons (Fsp3) is 0.158. The van der Waals surface area contributed by atoms with Crippen molar-refractivity contribution in [1.82, 2.24) is 0 Å². The SMILES string of the molecule is CC1(C)c2ccccc2-c2ccc(-c3cccc4c3=c3cc5c(cc3C=4)=Cc3ccccc3C5(C)C)cc21. The van der Waals surface area contributed by atoms with Crippen molar-refractivity contribution in [3.63, 3.8) is 0 Å². The third-order valence-corrected chi connectivity index (χ3v) is 9.41. The molecule has 5 aromatic rings. The summed E-state index contributed by atoms with van der Waals surface area (Å²) in [7, 11) is 0. The first-order valence-electron chi connectivity index (χ1n) is 13.7. The zero-order valence-electron chi connectivity index (χ0n) is 22.4. The lowest BCUT2D eigenvalue weighted by atomic mass is 9.72. The van der Waals surface area contributed by atoms with Crippen LogP contribution in [0.25, 0.3) is 34.4 Å². The number of hydrogen-bond acceptors (Lipinski definition) is 0. The summed E-state index contributed by atoms with van der Waals surface area (Å²) in [5, 5.41) is 5.39. The second-order valence-corrected chi connectivity index (χ2v) is 12.2. The van der Waals surface area contributed by atoms with Crippen molar-refractivity contribution in [3.8, 4) is 22.3 Å². The highest BCUT2D eigenvalue weighted by Crippen LogP contribution is 2.49. The van der Waals surface area contributed by atoms with E-state index in [1.54, 1.807) is 0 Å². The normalized spacial score (nSPS) is 16.2. The van der Waals surface area contributed by atoms with Gasteiger partial charge in [-0.15, -0.1) is 0 Å². The van der Waals surface area contributed by atoms with Gasteiger partial charge in [-0.2, -0.15) is 0 Å².